The average molecular weight is 368 g/mol. The topological polar surface area (TPSA) is 67.9 Å². The molecule has 0 fully saturated rings. The second-order valence-electron chi connectivity index (χ2n) is 6.52. The van der Waals surface area contributed by atoms with Gasteiger partial charge < -0.3 is 14.8 Å². The summed E-state index contributed by atoms with van der Waals surface area (Å²) in [5.74, 6) is -0.0775. The second kappa shape index (κ2) is 6.42. The summed E-state index contributed by atoms with van der Waals surface area (Å²) in [5.41, 5.74) is 1.42. The summed E-state index contributed by atoms with van der Waals surface area (Å²) in [5, 5.41) is 3.04. The lowest BCUT2D eigenvalue weighted by Crippen LogP contribution is -2.38. The molecule has 6 nitrogen and oxygen atoms in total. The molecule has 0 atom stereocenters. The number of nitrogens with one attached hydrogen (secondary N) is 1. The number of hydrogen-bond acceptors (Lipinski definition) is 5. The summed E-state index contributed by atoms with van der Waals surface area (Å²) in [6, 6.07) is 10.3. The van der Waals surface area contributed by atoms with Crippen LogP contribution in [-0.2, 0) is 9.59 Å². The molecule has 0 saturated carbocycles. The van der Waals surface area contributed by atoms with Crippen LogP contribution in [0.3, 0.4) is 0 Å². The number of carbonyl (C=O) groups excluding carboxylic acids is 2. The minimum absolute atomic E-state index is 0.140. The molecular formula is C20H17FN2O4. The summed E-state index contributed by atoms with van der Waals surface area (Å²) < 4.78 is 23.9. The van der Waals surface area contributed by atoms with Gasteiger partial charge in [0, 0.05) is 17.8 Å². The molecule has 2 aliphatic heterocycles. The van der Waals surface area contributed by atoms with Crippen LogP contribution in [0, 0.1) is 5.82 Å². The molecule has 2 aromatic carbocycles. The Morgan fingerprint density at radius 1 is 1.00 bits per heavy atom. The zero-order valence-electron chi connectivity index (χ0n) is 14.8. The molecule has 0 bridgehead atoms. The number of hydrogen-bond donors (Lipinski definition) is 1. The Morgan fingerprint density at radius 2 is 1.70 bits per heavy atom. The lowest BCUT2D eigenvalue weighted by Gasteiger charge is -2.19. The molecule has 2 amide bonds. The van der Waals surface area contributed by atoms with E-state index in [1.165, 1.54) is 29.2 Å². The number of carbonyl (C=O) groups is 2. The monoisotopic (exact) mass is 368 g/mol. The van der Waals surface area contributed by atoms with Crippen molar-refractivity contribution in [2.75, 3.05) is 12.1 Å². The molecule has 0 aliphatic carbocycles. The van der Waals surface area contributed by atoms with Crippen LogP contribution < -0.4 is 14.8 Å². The molecule has 7 heteroatoms. The van der Waals surface area contributed by atoms with Crippen LogP contribution in [0.15, 0.2) is 48.2 Å². The predicted octanol–water partition coefficient (Wildman–Crippen LogP) is 3.15. The van der Waals surface area contributed by atoms with Crippen molar-refractivity contribution in [2.45, 2.75) is 19.9 Å². The van der Waals surface area contributed by atoms with E-state index in [2.05, 4.69) is 5.32 Å². The zero-order chi connectivity index (χ0) is 19.1. The van der Waals surface area contributed by atoms with Gasteiger partial charge >= 0.3 is 0 Å². The number of halogens is 1. The highest BCUT2D eigenvalue weighted by Crippen LogP contribution is 2.36. The van der Waals surface area contributed by atoms with Gasteiger partial charge in [0.25, 0.3) is 11.8 Å². The van der Waals surface area contributed by atoms with E-state index in [1.54, 1.807) is 32.0 Å². The van der Waals surface area contributed by atoms with Gasteiger partial charge in [-0.05, 0) is 43.7 Å². The van der Waals surface area contributed by atoms with Crippen molar-refractivity contribution in [3.05, 3.63) is 59.5 Å². The van der Waals surface area contributed by atoms with Crippen LogP contribution >= 0.6 is 0 Å². The highest BCUT2D eigenvalue weighted by atomic mass is 19.1. The Balaban J connectivity index is 1.78. The summed E-state index contributed by atoms with van der Waals surface area (Å²) >= 11 is 0. The normalized spacial score (nSPS) is 15.9. The van der Waals surface area contributed by atoms with Crippen molar-refractivity contribution < 1.29 is 23.5 Å². The second-order valence-corrected chi connectivity index (χ2v) is 6.52. The van der Waals surface area contributed by atoms with E-state index in [4.69, 9.17) is 9.47 Å². The molecule has 138 valence electrons. The zero-order valence-corrected chi connectivity index (χ0v) is 14.8. The van der Waals surface area contributed by atoms with E-state index in [-0.39, 0.29) is 24.1 Å². The fraction of sp³-hybridized carbons (Fsp3) is 0.200. The Hall–Kier alpha value is -3.35. The standard InChI is InChI=1S/C20H17FN2O4/c1-11(2)23-19(24)17(12-3-5-13(21)6-4-12)18(20(23)25)22-14-7-8-15-16(9-14)27-10-26-15/h3-9,11,22H,10H2,1-2H3. The molecule has 0 saturated heterocycles. The largest absolute Gasteiger partial charge is 0.454 e. The van der Waals surface area contributed by atoms with Crippen LogP contribution in [-0.4, -0.2) is 29.5 Å². The number of anilines is 1. The molecule has 0 aromatic heterocycles. The third-order valence-corrected chi connectivity index (χ3v) is 4.41. The van der Waals surface area contributed by atoms with E-state index in [0.717, 1.165) is 0 Å². The Kier molecular flexibility index (Phi) is 4.07. The summed E-state index contributed by atoms with van der Waals surface area (Å²) in [6.07, 6.45) is 0. The summed E-state index contributed by atoms with van der Waals surface area (Å²) in [6.45, 7) is 3.67. The molecule has 2 aromatic rings. The highest BCUT2D eigenvalue weighted by molar-refractivity contribution is 6.36. The fourth-order valence-electron chi connectivity index (χ4n) is 3.13. The van der Waals surface area contributed by atoms with Crippen molar-refractivity contribution in [1.29, 1.82) is 0 Å². The number of amides is 2. The molecule has 2 heterocycles. The molecule has 4 rings (SSSR count). The van der Waals surface area contributed by atoms with Crippen molar-refractivity contribution in [3.8, 4) is 11.5 Å². The quantitative estimate of drug-likeness (QED) is 0.840. The van der Waals surface area contributed by atoms with Gasteiger partial charge in [-0.15, -0.1) is 0 Å². The minimum Gasteiger partial charge on any atom is -0.454 e. The third kappa shape index (κ3) is 2.91. The lowest BCUT2D eigenvalue weighted by molar-refractivity contribution is -0.138. The minimum atomic E-state index is -0.424. The highest BCUT2D eigenvalue weighted by Gasteiger charge is 2.40. The van der Waals surface area contributed by atoms with Gasteiger partial charge in [0.2, 0.25) is 6.79 Å². The first-order valence-corrected chi connectivity index (χ1v) is 8.50. The SMILES string of the molecule is CC(C)N1C(=O)C(Nc2ccc3c(c2)OCO3)=C(c2ccc(F)cc2)C1=O. The first kappa shape index (κ1) is 17.1. The van der Waals surface area contributed by atoms with Crippen molar-refractivity contribution >= 4 is 23.1 Å². The molecule has 0 spiro atoms. The van der Waals surface area contributed by atoms with Crippen molar-refractivity contribution in [3.63, 3.8) is 0 Å². The third-order valence-electron chi connectivity index (χ3n) is 4.41. The Labute approximate surface area is 155 Å². The van der Waals surface area contributed by atoms with Crippen LogP contribution in [0.25, 0.3) is 5.57 Å². The molecule has 0 unspecified atom stereocenters. The van der Waals surface area contributed by atoms with E-state index in [0.29, 0.717) is 22.7 Å². The van der Waals surface area contributed by atoms with Gasteiger partial charge in [-0.25, -0.2) is 4.39 Å². The van der Waals surface area contributed by atoms with Crippen LogP contribution in [0.5, 0.6) is 11.5 Å². The van der Waals surface area contributed by atoms with Crippen LogP contribution in [0.4, 0.5) is 10.1 Å². The van der Waals surface area contributed by atoms with E-state index < -0.39 is 17.6 Å². The number of rotatable bonds is 4. The van der Waals surface area contributed by atoms with E-state index in [9.17, 15) is 14.0 Å². The smallest absolute Gasteiger partial charge is 0.278 e. The van der Waals surface area contributed by atoms with Crippen LogP contribution in [0.1, 0.15) is 19.4 Å². The molecule has 27 heavy (non-hydrogen) atoms. The number of ether oxygens (including phenoxy) is 2. The maximum atomic E-state index is 13.3. The van der Waals surface area contributed by atoms with Crippen LogP contribution in [0.2, 0.25) is 0 Å². The van der Waals surface area contributed by atoms with Gasteiger partial charge in [-0.3, -0.25) is 14.5 Å². The fourth-order valence-corrected chi connectivity index (χ4v) is 3.13. The number of imide groups is 1. The molecule has 1 N–H and O–H groups in total. The summed E-state index contributed by atoms with van der Waals surface area (Å²) in [7, 11) is 0. The first-order chi connectivity index (χ1) is 13.0. The maximum Gasteiger partial charge on any atom is 0.278 e. The number of benzene rings is 2. The number of fused-ring (bicyclic) bond motifs is 1. The number of nitrogens with zero attached hydrogens (tertiary/aromatic N) is 1. The lowest BCUT2D eigenvalue weighted by atomic mass is 10.0. The van der Waals surface area contributed by atoms with Gasteiger partial charge in [0.1, 0.15) is 11.5 Å². The van der Waals surface area contributed by atoms with Crippen molar-refractivity contribution in [1.82, 2.24) is 4.90 Å². The average Bonchev–Trinajstić information content (AvgIpc) is 3.18. The first-order valence-electron chi connectivity index (χ1n) is 8.50. The van der Waals surface area contributed by atoms with Gasteiger partial charge in [-0.1, -0.05) is 12.1 Å². The summed E-state index contributed by atoms with van der Waals surface area (Å²) in [4.78, 5) is 27.0. The molecular weight excluding hydrogens is 351 g/mol. The predicted molar refractivity (Wildman–Crippen MR) is 96.5 cm³/mol. The van der Waals surface area contributed by atoms with Gasteiger partial charge in [-0.2, -0.15) is 0 Å². The molecule has 2 aliphatic rings. The Bertz CT molecular complexity index is 966. The van der Waals surface area contributed by atoms with E-state index in [1.807, 2.05) is 0 Å². The van der Waals surface area contributed by atoms with E-state index >= 15 is 0 Å². The van der Waals surface area contributed by atoms with Gasteiger partial charge in [0.05, 0.1) is 5.57 Å². The molecule has 0 radical (unpaired) electrons. The Morgan fingerprint density at radius 3 is 2.41 bits per heavy atom. The maximum absolute atomic E-state index is 13.3. The van der Waals surface area contributed by atoms with Crippen molar-refractivity contribution in [2.24, 2.45) is 0 Å². The van der Waals surface area contributed by atoms with Gasteiger partial charge in [0.15, 0.2) is 11.5 Å².